The summed E-state index contributed by atoms with van der Waals surface area (Å²) in [6, 6.07) is -0.162. The van der Waals surface area contributed by atoms with Crippen LogP contribution in [-0.2, 0) is 38.0 Å². The molecule has 5 fully saturated rings. The van der Waals surface area contributed by atoms with Crippen molar-refractivity contribution in [2.45, 2.75) is 179 Å². The third kappa shape index (κ3) is 7.11. The number of rotatable bonds is 12. The van der Waals surface area contributed by atoms with Crippen LogP contribution in [0.1, 0.15) is 114 Å². The molecule has 5 aliphatic heterocycles. The van der Waals surface area contributed by atoms with Crippen molar-refractivity contribution in [1.29, 1.82) is 0 Å². The SMILES string of the molecule is CCO[C@@]1(CO)O[C@H]([C@H]2C[C@H](C)[C@H]([C@@]3(CC)CC[C@H]([C@@]4(C)CC[C@]5(C[C@H](N)[C@@H](C)[C@@H]([C@@H](C)[C@@H](OC)[C@H](C)C(=O)O)O5)O4)O3)O2)[C@@H](C)C[C@H]1C. The van der Waals surface area contributed by atoms with Gasteiger partial charge < -0.3 is 49.1 Å². The summed E-state index contributed by atoms with van der Waals surface area (Å²) in [5.41, 5.74) is 5.76. The van der Waals surface area contributed by atoms with Crippen molar-refractivity contribution in [3.63, 3.8) is 0 Å². The van der Waals surface area contributed by atoms with Gasteiger partial charge in [0.2, 0.25) is 0 Å². The molecule has 0 aromatic carbocycles. The highest BCUT2D eigenvalue weighted by Gasteiger charge is 2.62. The van der Waals surface area contributed by atoms with Crippen LogP contribution in [0.2, 0.25) is 0 Å². The molecule has 4 N–H and O–H groups in total. The molecule has 5 saturated heterocycles. The van der Waals surface area contributed by atoms with Crippen molar-refractivity contribution in [3.05, 3.63) is 0 Å². The van der Waals surface area contributed by atoms with Crippen LogP contribution >= 0.6 is 0 Å². The molecule has 284 valence electrons. The van der Waals surface area contributed by atoms with Crippen molar-refractivity contribution in [2.24, 2.45) is 41.2 Å². The third-order valence-electron chi connectivity index (χ3n) is 13.5. The van der Waals surface area contributed by atoms with Gasteiger partial charge in [0.1, 0.15) is 0 Å². The highest BCUT2D eigenvalue weighted by Crippen LogP contribution is 2.55. The van der Waals surface area contributed by atoms with Gasteiger partial charge >= 0.3 is 5.97 Å². The van der Waals surface area contributed by atoms with Crippen LogP contribution in [0.5, 0.6) is 0 Å². The molecule has 49 heavy (non-hydrogen) atoms. The van der Waals surface area contributed by atoms with E-state index in [0.717, 1.165) is 38.5 Å². The molecule has 5 heterocycles. The maximum atomic E-state index is 11.9. The normalized spacial score (nSPS) is 49.3. The highest BCUT2D eigenvalue weighted by atomic mass is 16.7. The molecule has 0 bridgehead atoms. The monoisotopic (exact) mass is 697 g/mol. The molecular weight excluding hydrogens is 630 g/mol. The molecule has 0 aromatic heterocycles. The molecule has 0 aliphatic carbocycles. The molecular formula is C38H67NO10. The van der Waals surface area contributed by atoms with E-state index in [1.807, 2.05) is 13.8 Å². The van der Waals surface area contributed by atoms with Gasteiger partial charge in [0.05, 0.1) is 60.4 Å². The number of methoxy groups -OCH3 is 1. The number of nitrogens with two attached hydrogens (primary N) is 1. The summed E-state index contributed by atoms with van der Waals surface area (Å²) >= 11 is 0. The number of aliphatic carboxylic acids is 1. The lowest BCUT2D eigenvalue weighted by Gasteiger charge is -2.49. The van der Waals surface area contributed by atoms with Crippen LogP contribution in [0.25, 0.3) is 0 Å². The van der Waals surface area contributed by atoms with E-state index in [1.165, 1.54) is 0 Å². The first-order valence-corrected chi connectivity index (χ1v) is 19.2. The van der Waals surface area contributed by atoms with Crippen LogP contribution in [0.3, 0.4) is 0 Å². The first-order valence-electron chi connectivity index (χ1n) is 19.2. The average Bonchev–Trinajstić information content (AvgIpc) is 3.77. The lowest BCUT2D eigenvalue weighted by Crippen LogP contribution is -2.58. The first kappa shape index (κ1) is 39.3. The summed E-state index contributed by atoms with van der Waals surface area (Å²) < 4.78 is 46.5. The molecule has 0 aromatic rings. The van der Waals surface area contributed by atoms with Crippen molar-refractivity contribution < 1.29 is 48.2 Å². The van der Waals surface area contributed by atoms with Gasteiger partial charge in [0.15, 0.2) is 11.6 Å². The Labute approximate surface area is 294 Å². The molecule has 0 amide bonds. The fourth-order valence-corrected chi connectivity index (χ4v) is 10.4. The second-order valence-electron chi connectivity index (χ2n) is 16.8. The molecule has 11 heteroatoms. The topological polar surface area (TPSA) is 148 Å². The Morgan fingerprint density at radius 3 is 2.35 bits per heavy atom. The number of hydrogen-bond acceptors (Lipinski definition) is 10. The zero-order valence-electron chi connectivity index (χ0n) is 31.8. The van der Waals surface area contributed by atoms with Gasteiger partial charge in [-0.3, -0.25) is 4.79 Å². The Kier molecular flexibility index (Phi) is 11.9. The molecule has 0 radical (unpaired) electrons. The Morgan fingerprint density at radius 1 is 1.02 bits per heavy atom. The number of ether oxygens (including phenoxy) is 7. The number of carboxylic acid groups (broad SMARTS) is 1. The molecule has 5 aliphatic rings. The van der Waals surface area contributed by atoms with Gasteiger partial charge in [-0.05, 0) is 77.0 Å². The number of aliphatic hydroxyl groups is 1. The molecule has 0 saturated carbocycles. The van der Waals surface area contributed by atoms with Gasteiger partial charge in [-0.2, -0.15) is 0 Å². The van der Waals surface area contributed by atoms with E-state index in [0.29, 0.717) is 19.4 Å². The van der Waals surface area contributed by atoms with E-state index >= 15 is 0 Å². The molecule has 11 nitrogen and oxygen atoms in total. The summed E-state index contributed by atoms with van der Waals surface area (Å²) in [6.45, 7) is 18.9. The van der Waals surface area contributed by atoms with Crippen LogP contribution in [0.15, 0.2) is 0 Å². The predicted octanol–water partition coefficient (Wildman–Crippen LogP) is 5.28. The zero-order chi connectivity index (χ0) is 36.1. The Bertz CT molecular complexity index is 1140. The maximum absolute atomic E-state index is 11.9. The summed E-state index contributed by atoms with van der Waals surface area (Å²) in [6.07, 6.45) is 4.99. The fraction of sp³-hybridized carbons (Fsp3) is 0.974. The van der Waals surface area contributed by atoms with Gasteiger partial charge in [-0.15, -0.1) is 0 Å². The Hall–Kier alpha value is -0.890. The van der Waals surface area contributed by atoms with Crippen molar-refractivity contribution >= 4 is 5.97 Å². The van der Waals surface area contributed by atoms with E-state index in [-0.39, 0.29) is 72.8 Å². The lowest BCUT2D eigenvalue weighted by atomic mass is 9.77. The quantitative estimate of drug-likeness (QED) is 0.245. The minimum atomic E-state index is -1.00. The first-order chi connectivity index (χ1) is 23.0. The Balaban J connectivity index is 1.29. The number of hydrogen-bond donors (Lipinski definition) is 3. The van der Waals surface area contributed by atoms with Gasteiger partial charge in [-0.25, -0.2) is 0 Å². The van der Waals surface area contributed by atoms with E-state index in [2.05, 4.69) is 41.5 Å². The minimum Gasteiger partial charge on any atom is -0.481 e. The predicted molar refractivity (Wildman–Crippen MR) is 184 cm³/mol. The average molecular weight is 698 g/mol. The molecule has 5 rings (SSSR count). The number of carbonyl (C=O) groups is 1. The summed E-state index contributed by atoms with van der Waals surface area (Å²) in [5.74, 6) is -3.03. The van der Waals surface area contributed by atoms with E-state index in [1.54, 1.807) is 14.0 Å². The third-order valence-corrected chi connectivity index (χ3v) is 13.5. The molecule has 17 atom stereocenters. The van der Waals surface area contributed by atoms with Crippen LogP contribution < -0.4 is 5.73 Å². The van der Waals surface area contributed by atoms with E-state index < -0.39 is 40.8 Å². The summed E-state index contributed by atoms with van der Waals surface area (Å²) in [7, 11) is 1.56. The minimum absolute atomic E-state index is 0.00860. The van der Waals surface area contributed by atoms with E-state index in [9.17, 15) is 15.0 Å². The van der Waals surface area contributed by atoms with Gasteiger partial charge in [0.25, 0.3) is 0 Å². The number of aliphatic hydroxyl groups excluding tert-OH is 1. The smallest absolute Gasteiger partial charge is 0.308 e. The Morgan fingerprint density at radius 2 is 1.73 bits per heavy atom. The van der Waals surface area contributed by atoms with Gasteiger partial charge in [0, 0.05) is 44.4 Å². The molecule has 1 spiro atoms. The summed E-state index contributed by atoms with van der Waals surface area (Å²) in [4.78, 5) is 11.9. The van der Waals surface area contributed by atoms with Crippen molar-refractivity contribution in [3.8, 4) is 0 Å². The zero-order valence-corrected chi connectivity index (χ0v) is 31.8. The lowest BCUT2D eigenvalue weighted by molar-refractivity contribution is -0.339. The highest BCUT2D eigenvalue weighted by molar-refractivity contribution is 5.70. The second kappa shape index (κ2) is 14.9. The maximum Gasteiger partial charge on any atom is 0.308 e. The number of carboxylic acids is 1. The van der Waals surface area contributed by atoms with Crippen molar-refractivity contribution in [1.82, 2.24) is 0 Å². The standard InChI is InChI=1S/C38H67NO10/c1-11-36(33-22(4)18-28(45-33)30-21(3)17-23(5)38(20-40,48-30)44-12-2)14-13-29(46-36)35(9)15-16-37(49-35)19-27(39)24(6)32(47-37)25(7)31(43-10)26(8)34(41)42/h21-33,40H,11-20,39H2,1-10H3,(H,41,42)/t21-,22-,23+,24+,25-,26-,27-,28+,29+,30-,31+,32-,33+,35+,36+,37+,38-/m0/s1. The molecule has 0 unspecified atom stereocenters. The van der Waals surface area contributed by atoms with Crippen molar-refractivity contribution in [2.75, 3.05) is 20.3 Å². The fourth-order valence-electron chi connectivity index (χ4n) is 10.4. The van der Waals surface area contributed by atoms with Crippen LogP contribution in [0.4, 0.5) is 0 Å². The van der Waals surface area contributed by atoms with Gasteiger partial charge in [-0.1, -0.05) is 41.5 Å². The van der Waals surface area contributed by atoms with Crippen LogP contribution in [-0.4, -0.2) is 102 Å². The van der Waals surface area contributed by atoms with E-state index in [4.69, 9.17) is 38.9 Å². The largest absolute Gasteiger partial charge is 0.481 e. The van der Waals surface area contributed by atoms with Crippen LogP contribution in [0, 0.1) is 35.5 Å². The second-order valence-corrected chi connectivity index (χ2v) is 16.8. The summed E-state index contributed by atoms with van der Waals surface area (Å²) in [5, 5.41) is 20.1.